The van der Waals surface area contributed by atoms with Gasteiger partial charge in [-0.2, -0.15) is 13.2 Å². The van der Waals surface area contributed by atoms with E-state index in [0.29, 0.717) is 24.6 Å². The Balaban J connectivity index is 1.67. The van der Waals surface area contributed by atoms with Crippen molar-refractivity contribution in [3.63, 3.8) is 0 Å². The zero-order chi connectivity index (χ0) is 23.6. The van der Waals surface area contributed by atoms with E-state index in [-0.39, 0.29) is 17.0 Å². The highest BCUT2D eigenvalue weighted by molar-refractivity contribution is 7.14. The Labute approximate surface area is 196 Å². The van der Waals surface area contributed by atoms with Crippen LogP contribution in [0.1, 0.15) is 54.7 Å². The molecule has 0 atom stereocenters. The minimum atomic E-state index is -4.56. The molecule has 174 valence electrons. The summed E-state index contributed by atoms with van der Waals surface area (Å²) >= 11 is 1.41. The van der Waals surface area contributed by atoms with E-state index >= 15 is 0 Å². The van der Waals surface area contributed by atoms with Gasteiger partial charge in [-0.15, -0.1) is 11.3 Å². The summed E-state index contributed by atoms with van der Waals surface area (Å²) in [7, 11) is 0. The summed E-state index contributed by atoms with van der Waals surface area (Å²) in [5, 5.41) is 1.74. The van der Waals surface area contributed by atoms with Crippen LogP contribution in [0, 0.1) is 5.92 Å². The van der Waals surface area contributed by atoms with E-state index < -0.39 is 11.7 Å². The number of benzene rings is 1. The molecule has 0 saturated carbocycles. The topological polar surface area (TPSA) is 33.2 Å². The Morgan fingerprint density at radius 2 is 1.82 bits per heavy atom. The van der Waals surface area contributed by atoms with Crippen molar-refractivity contribution >= 4 is 17.2 Å². The molecule has 0 spiro atoms. The van der Waals surface area contributed by atoms with Gasteiger partial charge in [0.2, 0.25) is 0 Å². The Bertz CT molecular complexity index is 1130. The van der Waals surface area contributed by atoms with Crippen LogP contribution in [0.4, 0.5) is 13.2 Å². The molecule has 1 saturated heterocycles. The average molecular weight is 473 g/mol. The zero-order valence-electron chi connectivity index (χ0n) is 18.8. The lowest BCUT2D eigenvalue weighted by molar-refractivity contribution is -0.137. The first-order chi connectivity index (χ1) is 15.7. The second-order valence-electron chi connectivity index (χ2n) is 8.94. The van der Waals surface area contributed by atoms with Gasteiger partial charge in [0.05, 0.1) is 5.56 Å². The number of rotatable bonds is 5. The van der Waals surface area contributed by atoms with Crippen LogP contribution in [0.2, 0.25) is 0 Å². The van der Waals surface area contributed by atoms with Crippen LogP contribution in [-0.2, 0) is 12.6 Å². The fourth-order valence-corrected chi connectivity index (χ4v) is 5.14. The number of hydrogen-bond donors (Lipinski definition) is 0. The van der Waals surface area contributed by atoms with E-state index in [2.05, 4.69) is 18.8 Å². The van der Waals surface area contributed by atoms with Crippen LogP contribution in [0.5, 0.6) is 0 Å². The van der Waals surface area contributed by atoms with Crippen LogP contribution < -0.4 is 0 Å². The molecule has 3 aromatic rings. The third-order valence-corrected chi connectivity index (χ3v) is 6.82. The van der Waals surface area contributed by atoms with Gasteiger partial charge in [-0.1, -0.05) is 19.9 Å². The number of piperidine rings is 1. The number of likely N-dealkylation sites (tertiary alicyclic amines) is 1. The number of halogens is 3. The average Bonchev–Trinajstić information content (AvgIpc) is 3.28. The lowest BCUT2D eigenvalue weighted by Gasteiger charge is -2.27. The first kappa shape index (κ1) is 23.5. The van der Waals surface area contributed by atoms with Crippen molar-refractivity contribution in [1.29, 1.82) is 0 Å². The summed E-state index contributed by atoms with van der Waals surface area (Å²) in [6.45, 7) is 5.44. The Morgan fingerprint density at radius 3 is 2.52 bits per heavy atom. The molecule has 0 unspecified atom stereocenters. The molecule has 0 radical (unpaired) electrons. The van der Waals surface area contributed by atoms with Crippen LogP contribution in [0.25, 0.3) is 21.6 Å². The zero-order valence-corrected chi connectivity index (χ0v) is 19.6. The van der Waals surface area contributed by atoms with Gasteiger partial charge in [0, 0.05) is 35.4 Å². The van der Waals surface area contributed by atoms with Crippen molar-refractivity contribution < 1.29 is 18.0 Å². The van der Waals surface area contributed by atoms with Crippen LogP contribution >= 0.6 is 11.3 Å². The lowest BCUT2D eigenvalue weighted by atomic mass is 9.97. The van der Waals surface area contributed by atoms with Crippen molar-refractivity contribution in [1.82, 2.24) is 9.88 Å². The third-order valence-electron chi connectivity index (χ3n) is 5.84. The smallest absolute Gasteiger partial charge is 0.339 e. The predicted molar refractivity (Wildman–Crippen MR) is 126 cm³/mol. The molecular formula is C26H27F3N2OS. The van der Waals surface area contributed by atoms with Gasteiger partial charge in [-0.3, -0.25) is 9.78 Å². The van der Waals surface area contributed by atoms with Gasteiger partial charge < -0.3 is 4.90 Å². The summed E-state index contributed by atoms with van der Waals surface area (Å²) in [6, 6.07) is 9.63. The molecule has 0 bridgehead atoms. The highest BCUT2D eigenvalue weighted by Crippen LogP contribution is 2.41. The summed E-state index contributed by atoms with van der Waals surface area (Å²) in [4.78, 5) is 19.7. The van der Waals surface area contributed by atoms with E-state index in [1.807, 2.05) is 12.1 Å². The minimum Gasteiger partial charge on any atom is -0.339 e. The van der Waals surface area contributed by atoms with E-state index in [9.17, 15) is 18.0 Å². The molecular weight excluding hydrogens is 445 g/mol. The van der Waals surface area contributed by atoms with Gasteiger partial charge >= 0.3 is 6.18 Å². The standard InChI is InChI=1S/C26H27F3N2OS/c1-17(2)12-21-13-18(8-9-30-21)24-15-20(16-33-24)22-7-6-19(14-23(22)26(27,28)29)25(32)31-10-4-3-5-11-31/h6-9,13-17H,3-5,10-12H2,1-2H3. The Kier molecular flexibility index (Phi) is 6.88. The molecule has 1 amide bonds. The number of pyridine rings is 1. The Hall–Kier alpha value is -2.67. The van der Waals surface area contributed by atoms with Crippen molar-refractivity contribution in [3.05, 3.63) is 64.8 Å². The first-order valence-corrected chi connectivity index (χ1v) is 12.1. The molecule has 1 aromatic carbocycles. The second-order valence-corrected chi connectivity index (χ2v) is 9.86. The largest absolute Gasteiger partial charge is 0.417 e. The quantitative estimate of drug-likeness (QED) is 0.390. The third kappa shape index (κ3) is 5.46. The number of carbonyl (C=O) groups excluding carboxylic acids is 1. The van der Waals surface area contributed by atoms with Crippen molar-refractivity contribution in [3.8, 4) is 21.6 Å². The first-order valence-electron chi connectivity index (χ1n) is 11.3. The molecule has 0 aliphatic carbocycles. The lowest BCUT2D eigenvalue weighted by Crippen LogP contribution is -2.35. The number of aromatic nitrogens is 1. The molecule has 4 rings (SSSR count). The summed E-state index contributed by atoms with van der Waals surface area (Å²) in [5.74, 6) is 0.138. The van der Waals surface area contributed by atoms with Crippen LogP contribution in [0.15, 0.2) is 48.0 Å². The monoisotopic (exact) mass is 472 g/mol. The van der Waals surface area contributed by atoms with E-state index in [4.69, 9.17) is 0 Å². The van der Waals surface area contributed by atoms with Gasteiger partial charge in [0.25, 0.3) is 5.91 Å². The Morgan fingerprint density at radius 1 is 1.06 bits per heavy atom. The van der Waals surface area contributed by atoms with E-state index in [1.54, 1.807) is 22.5 Å². The molecule has 3 heterocycles. The van der Waals surface area contributed by atoms with E-state index in [0.717, 1.165) is 47.9 Å². The number of carbonyl (C=O) groups is 1. The van der Waals surface area contributed by atoms with Crippen molar-refractivity contribution in [2.24, 2.45) is 5.92 Å². The van der Waals surface area contributed by atoms with Gasteiger partial charge in [0.15, 0.2) is 0 Å². The van der Waals surface area contributed by atoms with Crippen molar-refractivity contribution in [2.45, 2.75) is 45.7 Å². The molecule has 0 N–H and O–H groups in total. The summed E-state index contributed by atoms with van der Waals surface area (Å²) in [5.41, 5.74) is 1.83. The normalized spacial score (nSPS) is 14.7. The molecule has 1 aliphatic heterocycles. The highest BCUT2D eigenvalue weighted by atomic mass is 32.1. The maximum atomic E-state index is 14.0. The molecule has 1 aliphatic rings. The van der Waals surface area contributed by atoms with Gasteiger partial charge in [0.1, 0.15) is 0 Å². The van der Waals surface area contributed by atoms with Gasteiger partial charge in [-0.25, -0.2) is 0 Å². The predicted octanol–water partition coefficient (Wildman–Crippen LogP) is 7.32. The molecule has 3 nitrogen and oxygen atoms in total. The maximum absolute atomic E-state index is 14.0. The fraction of sp³-hybridized carbons (Fsp3) is 0.385. The number of nitrogens with zero attached hydrogens (tertiary/aromatic N) is 2. The summed E-state index contributed by atoms with van der Waals surface area (Å²) in [6.07, 6.45) is 0.860. The summed E-state index contributed by atoms with van der Waals surface area (Å²) < 4.78 is 42.0. The number of amides is 1. The molecule has 7 heteroatoms. The maximum Gasteiger partial charge on any atom is 0.417 e. The highest BCUT2D eigenvalue weighted by Gasteiger charge is 2.35. The van der Waals surface area contributed by atoms with Crippen LogP contribution in [-0.4, -0.2) is 28.9 Å². The molecule has 33 heavy (non-hydrogen) atoms. The van der Waals surface area contributed by atoms with Crippen LogP contribution in [0.3, 0.4) is 0 Å². The molecule has 2 aromatic heterocycles. The number of hydrogen-bond acceptors (Lipinski definition) is 3. The number of alkyl halides is 3. The SMILES string of the molecule is CC(C)Cc1cc(-c2cc(-c3ccc(C(=O)N4CCCCC4)cc3C(F)(F)F)cs2)ccn1. The van der Waals surface area contributed by atoms with E-state index in [1.165, 1.54) is 23.5 Å². The second kappa shape index (κ2) is 9.67. The number of thiophene rings is 1. The molecule has 1 fully saturated rings. The minimum absolute atomic E-state index is 0.0934. The fourth-order valence-electron chi connectivity index (χ4n) is 4.23. The van der Waals surface area contributed by atoms with Crippen molar-refractivity contribution in [2.75, 3.05) is 13.1 Å². The van der Waals surface area contributed by atoms with Gasteiger partial charge in [-0.05, 0) is 84.0 Å².